The van der Waals surface area contributed by atoms with Crippen molar-refractivity contribution in [2.24, 2.45) is 5.73 Å². The summed E-state index contributed by atoms with van der Waals surface area (Å²) in [6.45, 7) is 2.08. The first kappa shape index (κ1) is 15.7. The van der Waals surface area contributed by atoms with Crippen molar-refractivity contribution in [1.82, 2.24) is 15.1 Å². The monoisotopic (exact) mass is 350 g/mol. The molecule has 6 heteroatoms. The first-order valence-electron chi connectivity index (χ1n) is 6.87. The van der Waals surface area contributed by atoms with Crippen LogP contribution >= 0.6 is 15.9 Å². The molecule has 1 atom stereocenters. The van der Waals surface area contributed by atoms with Crippen molar-refractivity contribution in [2.45, 2.75) is 25.8 Å². The number of hydrogen-bond donors (Lipinski definition) is 2. The van der Waals surface area contributed by atoms with Gasteiger partial charge in [0.05, 0.1) is 5.69 Å². The first-order chi connectivity index (χ1) is 10.0. The van der Waals surface area contributed by atoms with Crippen LogP contribution in [0.3, 0.4) is 0 Å². The fourth-order valence-corrected chi connectivity index (χ4v) is 2.63. The third-order valence-electron chi connectivity index (χ3n) is 3.33. The van der Waals surface area contributed by atoms with Gasteiger partial charge in [0.25, 0.3) is 5.91 Å². The Morgan fingerprint density at radius 2 is 2.24 bits per heavy atom. The van der Waals surface area contributed by atoms with E-state index in [-0.39, 0.29) is 11.9 Å². The zero-order chi connectivity index (χ0) is 15.4. The summed E-state index contributed by atoms with van der Waals surface area (Å²) in [6.07, 6.45) is 3.56. The molecule has 0 spiro atoms. The number of amides is 1. The van der Waals surface area contributed by atoms with Gasteiger partial charge < -0.3 is 11.1 Å². The number of rotatable bonds is 5. The number of aromatic nitrogens is 2. The zero-order valence-corrected chi connectivity index (χ0v) is 13.7. The molecule has 1 aromatic heterocycles. The van der Waals surface area contributed by atoms with Gasteiger partial charge in [0, 0.05) is 23.8 Å². The summed E-state index contributed by atoms with van der Waals surface area (Å²) in [7, 11) is 1.59. The normalized spacial score (nSPS) is 12.2. The van der Waals surface area contributed by atoms with Crippen LogP contribution in [0.25, 0.3) is 5.69 Å². The van der Waals surface area contributed by atoms with Crippen LogP contribution in [0.1, 0.15) is 29.4 Å². The smallest absolute Gasteiger partial charge is 0.271 e. The van der Waals surface area contributed by atoms with Gasteiger partial charge in [-0.05, 0) is 52.5 Å². The van der Waals surface area contributed by atoms with Gasteiger partial charge in [-0.3, -0.25) is 4.79 Å². The van der Waals surface area contributed by atoms with Crippen LogP contribution in [0.5, 0.6) is 0 Å². The summed E-state index contributed by atoms with van der Waals surface area (Å²) in [5.74, 6) is -0.199. The van der Waals surface area contributed by atoms with E-state index in [1.165, 1.54) is 5.56 Å². The number of carbonyl (C=O) groups excluding carboxylic acids is 1. The van der Waals surface area contributed by atoms with Gasteiger partial charge >= 0.3 is 0 Å². The molecule has 0 radical (unpaired) electrons. The Bertz CT molecular complexity index is 638. The van der Waals surface area contributed by atoms with Crippen LogP contribution in [-0.4, -0.2) is 28.8 Å². The number of benzene rings is 1. The van der Waals surface area contributed by atoms with Gasteiger partial charge in [-0.15, -0.1) is 0 Å². The van der Waals surface area contributed by atoms with Gasteiger partial charge in [-0.25, -0.2) is 4.68 Å². The molecule has 0 saturated carbocycles. The lowest BCUT2D eigenvalue weighted by molar-refractivity contribution is 0.0957. The Morgan fingerprint density at radius 1 is 1.48 bits per heavy atom. The Morgan fingerprint density at radius 3 is 2.86 bits per heavy atom. The summed E-state index contributed by atoms with van der Waals surface area (Å²) < 4.78 is 2.60. The topological polar surface area (TPSA) is 72.9 Å². The lowest BCUT2D eigenvalue weighted by atomic mass is 10.0. The highest BCUT2D eigenvalue weighted by Gasteiger charge is 2.11. The largest absolute Gasteiger partial charge is 0.354 e. The molecule has 1 heterocycles. The molecule has 0 aliphatic carbocycles. The van der Waals surface area contributed by atoms with Crippen molar-refractivity contribution in [3.63, 3.8) is 0 Å². The SMILES string of the molecule is CCC(N)Cc1ccc(-n2ccc(C(=O)NC)n2)c(Br)c1. The van der Waals surface area contributed by atoms with E-state index in [2.05, 4.69) is 33.3 Å². The maximum atomic E-state index is 11.5. The van der Waals surface area contributed by atoms with Crippen LogP contribution in [0, 0.1) is 0 Å². The highest BCUT2D eigenvalue weighted by molar-refractivity contribution is 9.10. The highest BCUT2D eigenvalue weighted by atomic mass is 79.9. The second kappa shape index (κ2) is 6.87. The minimum Gasteiger partial charge on any atom is -0.354 e. The van der Waals surface area contributed by atoms with Crippen LogP contribution in [0.4, 0.5) is 0 Å². The fourth-order valence-electron chi connectivity index (χ4n) is 2.02. The molecule has 0 bridgehead atoms. The fraction of sp³-hybridized carbons (Fsp3) is 0.333. The summed E-state index contributed by atoms with van der Waals surface area (Å²) >= 11 is 3.56. The summed E-state index contributed by atoms with van der Waals surface area (Å²) in [4.78, 5) is 11.5. The summed E-state index contributed by atoms with van der Waals surface area (Å²) in [6, 6.07) is 7.92. The maximum absolute atomic E-state index is 11.5. The lowest BCUT2D eigenvalue weighted by Gasteiger charge is -2.11. The van der Waals surface area contributed by atoms with Crippen LogP contribution in [0.15, 0.2) is 34.9 Å². The molecule has 1 aromatic carbocycles. The standard InChI is InChI=1S/C15H19BrN4O/c1-3-11(17)8-10-4-5-14(12(16)9-10)20-7-6-13(19-20)15(21)18-2/h4-7,9,11H,3,8,17H2,1-2H3,(H,18,21). The second-order valence-corrected chi connectivity index (χ2v) is 5.74. The molecule has 0 aliphatic heterocycles. The first-order valence-corrected chi connectivity index (χ1v) is 7.66. The minimum atomic E-state index is -0.199. The molecule has 2 rings (SSSR count). The van der Waals surface area contributed by atoms with E-state index in [0.717, 1.165) is 23.0 Å². The predicted octanol–water partition coefficient (Wildman–Crippen LogP) is 2.27. The highest BCUT2D eigenvalue weighted by Crippen LogP contribution is 2.23. The van der Waals surface area contributed by atoms with Crippen molar-refractivity contribution >= 4 is 21.8 Å². The van der Waals surface area contributed by atoms with E-state index in [1.807, 2.05) is 18.2 Å². The van der Waals surface area contributed by atoms with E-state index < -0.39 is 0 Å². The Labute approximate surface area is 132 Å². The Balaban J connectivity index is 2.24. The van der Waals surface area contributed by atoms with Crippen molar-refractivity contribution < 1.29 is 4.79 Å². The average Bonchev–Trinajstić information content (AvgIpc) is 2.96. The Hall–Kier alpha value is -1.66. The van der Waals surface area contributed by atoms with Gasteiger partial charge in [-0.1, -0.05) is 13.0 Å². The molecule has 0 aliphatic rings. The molecule has 3 N–H and O–H groups in total. The van der Waals surface area contributed by atoms with Gasteiger partial charge in [0.1, 0.15) is 0 Å². The molecule has 0 saturated heterocycles. The van der Waals surface area contributed by atoms with Crippen molar-refractivity contribution in [3.8, 4) is 5.69 Å². The van der Waals surface area contributed by atoms with E-state index in [1.54, 1.807) is 24.0 Å². The van der Waals surface area contributed by atoms with Crippen molar-refractivity contribution in [3.05, 3.63) is 46.2 Å². The maximum Gasteiger partial charge on any atom is 0.271 e. The second-order valence-electron chi connectivity index (χ2n) is 4.88. The van der Waals surface area contributed by atoms with E-state index in [0.29, 0.717) is 5.69 Å². The lowest BCUT2D eigenvalue weighted by Crippen LogP contribution is -2.21. The molecular formula is C15H19BrN4O. The van der Waals surface area contributed by atoms with Gasteiger partial charge in [-0.2, -0.15) is 5.10 Å². The van der Waals surface area contributed by atoms with Crippen LogP contribution in [-0.2, 0) is 6.42 Å². The van der Waals surface area contributed by atoms with Crippen LogP contribution < -0.4 is 11.1 Å². The molecule has 112 valence electrons. The van der Waals surface area contributed by atoms with E-state index >= 15 is 0 Å². The van der Waals surface area contributed by atoms with Crippen LogP contribution in [0.2, 0.25) is 0 Å². The molecule has 1 amide bonds. The zero-order valence-electron chi connectivity index (χ0n) is 12.1. The number of halogens is 1. The molecule has 0 fully saturated rings. The molecule has 2 aromatic rings. The van der Waals surface area contributed by atoms with Gasteiger partial charge in [0.15, 0.2) is 5.69 Å². The number of hydrogen-bond acceptors (Lipinski definition) is 3. The van der Waals surface area contributed by atoms with E-state index in [4.69, 9.17) is 5.73 Å². The number of nitrogens with two attached hydrogens (primary N) is 1. The number of nitrogens with zero attached hydrogens (tertiary/aromatic N) is 2. The number of nitrogens with one attached hydrogen (secondary N) is 1. The van der Waals surface area contributed by atoms with Gasteiger partial charge in [0.2, 0.25) is 0 Å². The third kappa shape index (κ3) is 3.71. The minimum absolute atomic E-state index is 0.173. The average molecular weight is 351 g/mol. The molecule has 5 nitrogen and oxygen atoms in total. The quantitative estimate of drug-likeness (QED) is 0.868. The predicted molar refractivity (Wildman–Crippen MR) is 86.6 cm³/mol. The molecule has 1 unspecified atom stereocenters. The molecular weight excluding hydrogens is 332 g/mol. The summed E-state index contributed by atoms with van der Waals surface area (Å²) in [5, 5.41) is 6.83. The van der Waals surface area contributed by atoms with E-state index in [9.17, 15) is 4.79 Å². The van der Waals surface area contributed by atoms with Crippen molar-refractivity contribution in [1.29, 1.82) is 0 Å². The van der Waals surface area contributed by atoms with Crippen molar-refractivity contribution in [2.75, 3.05) is 7.05 Å². The summed E-state index contributed by atoms with van der Waals surface area (Å²) in [5.41, 5.74) is 8.44. The third-order valence-corrected chi connectivity index (χ3v) is 3.97. The Kier molecular flexibility index (Phi) is 5.14. The number of carbonyl (C=O) groups is 1. The molecule has 21 heavy (non-hydrogen) atoms.